The number of aromatic nitrogens is 2. The molecule has 0 radical (unpaired) electrons. The third-order valence-electron chi connectivity index (χ3n) is 3.11. The summed E-state index contributed by atoms with van der Waals surface area (Å²) in [5, 5.41) is 6.54. The lowest BCUT2D eigenvalue weighted by molar-refractivity contribution is 0.934. The lowest BCUT2D eigenvalue weighted by atomic mass is 10.3. The molecule has 0 bridgehead atoms. The lowest BCUT2D eigenvalue weighted by Crippen LogP contribution is -2.20. The predicted molar refractivity (Wildman–Crippen MR) is 75.1 cm³/mol. The van der Waals surface area contributed by atoms with Crippen molar-refractivity contribution in [1.82, 2.24) is 9.97 Å². The first kappa shape index (κ1) is 11.5. The molecule has 0 amide bonds. The number of nitrogens with zero attached hydrogens (tertiary/aromatic N) is 3. The topological polar surface area (TPSA) is 41.1 Å². The Balaban J connectivity index is 1.74. The summed E-state index contributed by atoms with van der Waals surface area (Å²) in [6.45, 7) is 3.00. The van der Waals surface area contributed by atoms with Gasteiger partial charge in [0, 0.05) is 30.9 Å². The van der Waals surface area contributed by atoms with Crippen molar-refractivity contribution in [3.63, 3.8) is 0 Å². The van der Waals surface area contributed by atoms with Crippen LogP contribution in [0.4, 0.5) is 11.5 Å². The maximum atomic E-state index is 4.51. The molecule has 3 heterocycles. The lowest BCUT2D eigenvalue weighted by Gasteiger charge is -2.20. The van der Waals surface area contributed by atoms with Crippen molar-refractivity contribution in [2.24, 2.45) is 0 Å². The van der Waals surface area contributed by atoms with Gasteiger partial charge in [0.15, 0.2) is 5.82 Å². The molecule has 0 aromatic carbocycles. The minimum Gasteiger partial charge on any atom is -0.376 e. The molecule has 94 valence electrons. The molecule has 1 fully saturated rings. The SMILES string of the molecule is c1cnc(N2CCCC2)c(NCc2nccs2)c1. The highest BCUT2D eigenvalue weighted by molar-refractivity contribution is 7.09. The Kier molecular flexibility index (Phi) is 3.41. The molecule has 1 aliphatic rings. The van der Waals surface area contributed by atoms with Crippen molar-refractivity contribution in [2.45, 2.75) is 19.4 Å². The van der Waals surface area contributed by atoms with Crippen LogP contribution in [0.2, 0.25) is 0 Å². The molecule has 18 heavy (non-hydrogen) atoms. The summed E-state index contributed by atoms with van der Waals surface area (Å²) in [5.74, 6) is 1.08. The number of pyridine rings is 1. The molecule has 1 aliphatic heterocycles. The molecule has 0 aliphatic carbocycles. The van der Waals surface area contributed by atoms with Crippen molar-refractivity contribution < 1.29 is 0 Å². The van der Waals surface area contributed by atoms with Gasteiger partial charge >= 0.3 is 0 Å². The Morgan fingerprint density at radius 1 is 1.22 bits per heavy atom. The summed E-state index contributed by atoms with van der Waals surface area (Å²) in [5.41, 5.74) is 1.11. The van der Waals surface area contributed by atoms with E-state index in [1.165, 1.54) is 12.8 Å². The van der Waals surface area contributed by atoms with E-state index in [2.05, 4.69) is 26.3 Å². The Bertz CT molecular complexity index is 491. The van der Waals surface area contributed by atoms with E-state index in [4.69, 9.17) is 0 Å². The minimum absolute atomic E-state index is 0.768. The molecular formula is C13H16N4S. The van der Waals surface area contributed by atoms with Crippen LogP contribution in [0.15, 0.2) is 29.9 Å². The van der Waals surface area contributed by atoms with E-state index in [0.717, 1.165) is 36.1 Å². The van der Waals surface area contributed by atoms with Gasteiger partial charge in [0.25, 0.3) is 0 Å². The average Bonchev–Trinajstić information content (AvgIpc) is 3.10. The molecule has 2 aromatic heterocycles. The Labute approximate surface area is 111 Å². The molecule has 0 unspecified atom stereocenters. The van der Waals surface area contributed by atoms with Gasteiger partial charge in [-0.1, -0.05) is 0 Å². The molecule has 1 N–H and O–H groups in total. The van der Waals surface area contributed by atoms with Crippen molar-refractivity contribution in [2.75, 3.05) is 23.3 Å². The first-order valence-electron chi connectivity index (χ1n) is 6.26. The van der Waals surface area contributed by atoms with Gasteiger partial charge in [0.2, 0.25) is 0 Å². The second-order valence-electron chi connectivity index (χ2n) is 4.35. The number of thiazole rings is 1. The third kappa shape index (κ3) is 2.46. The van der Waals surface area contributed by atoms with Crippen molar-refractivity contribution in [3.8, 4) is 0 Å². The van der Waals surface area contributed by atoms with Crippen molar-refractivity contribution in [1.29, 1.82) is 0 Å². The Morgan fingerprint density at radius 2 is 2.11 bits per heavy atom. The van der Waals surface area contributed by atoms with Gasteiger partial charge in [-0.3, -0.25) is 0 Å². The number of rotatable bonds is 4. The summed E-state index contributed by atoms with van der Waals surface area (Å²) < 4.78 is 0. The fourth-order valence-electron chi connectivity index (χ4n) is 2.23. The molecule has 3 rings (SSSR count). The average molecular weight is 260 g/mol. The molecule has 5 heteroatoms. The Morgan fingerprint density at radius 3 is 2.89 bits per heavy atom. The Hall–Kier alpha value is -1.62. The van der Waals surface area contributed by atoms with Crippen LogP contribution in [-0.4, -0.2) is 23.1 Å². The van der Waals surface area contributed by atoms with Gasteiger partial charge < -0.3 is 10.2 Å². The molecular weight excluding hydrogens is 244 g/mol. The molecule has 2 aromatic rings. The standard InChI is InChI=1S/C13H16N4S/c1-2-8-17(7-1)13-11(4-3-5-15-13)16-10-12-14-6-9-18-12/h3-6,9,16H,1-2,7-8,10H2. The zero-order valence-electron chi connectivity index (χ0n) is 10.2. The van der Waals surface area contributed by atoms with Gasteiger partial charge in [0.1, 0.15) is 5.01 Å². The van der Waals surface area contributed by atoms with Crippen molar-refractivity contribution >= 4 is 22.8 Å². The normalized spacial score (nSPS) is 15.0. The van der Waals surface area contributed by atoms with E-state index in [1.54, 1.807) is 11.3 Å². The first-order valence-corrected chi connectivity index (χ1v) is 7.13. The van der Waals surface area contributed by atoms with Gasteiger partial charge in [-0.15, -0.1) is 11.3 Å². The fraction of sp³-hybridized carbons (Fsp3) is 0.385. The summed E-state index contributed by atoms with van der Waals surface area (Å²) in [6.07, 6.45) is 6.24. The van der Waals surface area contributed by atoms with Crippen LogP contribution in [0.25, 0.3) is 0 Å². The van der Waals surface area contributed by atoms with E-state index >= 15 is 0 Å². The van der Waals surface area contributed by atoms with E-state index < -0.39 is 0 Å². The first-order chi connectivity index (χ1) is 8.93. The van der Waals surface area contributed by atoms with Crippen LogP contribution in [-0.2, 0) is 6.54 Å². The summed E-state index contributed by atoms with van der Waals surface area (Å²) >= 11 is 1.67. The van der Waals surface area contributed by atoms with Gasteiger partial charge in [-0.2, -0.15) is 0 Å². The highest BCUT2D eigenvalue weighted by Crippen LogP contribution is 2.26. The van der Waals surface area contributed by atoms with E-state index in [-0.39, 0.29) is 0 Å². The minimum atomic E-state index is 0.768. The summed E-state index contributed by atoms with van der Waals surface area (Å²) in [7, 11) is 0. The quantitative estimate of drug-likeness (QED) is 0.917. The molecule has 0 atom stereocenters. The second-order valence-corrected chi connectivity index (χ2v) is 5.33. The molecule has 4 nitrogen and oxygen atoms in total. The van der Waals surface area contributed by atoms with Crippen molar-refractivity contribution in [3.05, 3.63) is 34.9 Å². The third-order valence-corrected chi connectivity index (χ3v) is 3.89. The van der Waals surface area contributed by atoms with Crippen LogP contribution >= 0.6 is 11.3 Å². The van der Waals surface area contributed by atoms with Gasteiger partial charge in [-0.25, -0.2) is 9.97 Å². The van der Waals surface area contributed by atoms with E-state index in [9.17, 15) is 0 Å². The second kappa shape index (κ2) is 5.35. The number of hydrogen-bond donors (Lipinski definition) is 1. The number of nitrogens with one attached hydrogen (secondary N) is 1. The van der Waals surface area contributed by atoms with Crippen LogP contribution in [0.5, 0.6) is 0 Å². The fourth-order valence-corrected chi connectivity index (χ4v) is 2.78. The summed E-state index contributed by atoms with van der Waals surface area (Å²) in [4.78, 5) is 11.1. The largest absolute Gasteiger partial charge is 0.376 e. The smallest absolute Gasteiger partial charge is 0.151 e. The maximum absolute atomic E-state index is 4.51. The maximum Gasteiger partial charge on any atom is 0.151 e. The van der Waals surface area contributed by atoms with Crippen LogP contribution in [0.1, 0.15) is 17.8 Å². The number of hydrogen-bond acceptors (Lipinski definition) is 5. The predicted octanol–water partition coefficient (Wildman–Crippen LogP) is 2.75. The highest BCUT2D eigenvalue weighted by atomic mass is 32.1. The van der Waals surface area contributed by atoms with Gasteiger partial charge in [0.05, 0.1) is 12.2 Å². The number of anilines is 2. The van der Waals surface area contributed by atoms with Crippen LogP contribution in [0.3, 0.4) is 0 Å². The molecule has 1 saturated heterocycles. The molecule has 0 saturated carbocycles. The van der Waals surface area contributed by atoms with Crippen LogP contribution < -0.4 is 10.2 Å². The van der Waals surface area contributed by atoms with E-state index in [1.807, 2.05) is 23.8 Å². The summed E-state index contributed by atoms with van der Waals surface area (Å²) in [6, 6.07) is 4.07. The zero-order chi connectivity index (χ0) is 12.2. The highest BCUT2D eigenvalue weighted by Gasteiger charge is 2.16. The zero-order valence-corrected chi connectivity index (χ0v) is 11.0. The monoisotopic (exact) mass is 260 g/mol. The van der Waals surface area contributed by atoms with E-state index in [0.29, 0.717) is 0 Å². The molecule has 0 spiro atoms. The van der Waals surface area contributed by atoms with Gasteiger partial charge in [-0.05, 0) is 25.0 Å². The van der Waals surface area contributed by atoms with Crippen LogP contribution in [0, 0.1) is 0 Å².